The first kappa shape index (κ1) is 10.2. The minimum absolute atomic E-state index is 0.154. The van der Waals surface area contributed by atoms with Crippen molar-refractivity contribution in [2.45, 2.75) is 6.17 Å². The van der Waals surface area contributed by atoms with Crippen molar-refractivity contribution in [1.82, 2.24) is 20.0 Å². The van der Waals surface area contributed by atoms with Crippen molar-refractivity contribution >= 4 is 11.6 Å². The highest BCUT2D eigenvalue weighted by molar-refractivity contribution is 5.53. The molecule has 2 heterocycles. The van der Waals surface area contributed by atoms with Crippen LogP contribution in [0.25, 0.3) is 0 Å². The number of hydrogen-bond donors (Lipinski definition) is 7. The zero-order valence-corrected chi connectivity index (χ0v) is 8.38. The zero-order valence-electron chi connectivity index (χ0n) is 8.38. The normalized spacial score (nSPS) is 17.6. The van der Waals surface area contributed by atoms with Crippen LogP contribution in [0.4, 0.5) is 11.6 Å². The van der Waals surface area contributed by atoms with E-state index in [-0.39, 0.29) is 23.3 Å². The summed E-state index contributed by atoms with van der Waals surface area (Å²) >= 11 is 0. The number of anilines is 2. The summed E-state index contributed by atoms with van der Waals surface area (Å²) < 4.78 is 0. The summed E-state index contributed by atoms with van der Waals surface area (Å²) in [6, 6.07) is 0. The fraction of sp³-hybridized carbons (Fsp3) is 0.167. The van der Waals surface area contributed by atoms with Gasteiger partial charge in [0.1, 0.15) is 5.82 Å². The highest BCUT2D eigenvalue weighted by Gasteiger charge is 2.36. The number of hydrogen-bond acceptors (Lipinski definition) is 9. The highest BCUT2D eigenvalue weighted by atomic mass is 15.7. The van der Waals surface area contributed by atoms with E-state index in [1.807, 2.05) is 0 Å². The lowest BCUT2D eigenvalue weighted by Gasteiger charge is -2.24. The van der Waals surface area contributed by atoms with Crippen LogP contribution in [0.5, 0.6) is 0 Å². The molecule has 0 atom stereocenters. The molecule has 10 heteroatoms. The largest absolute Gasteiger partial charge is 0.382 e. The molecule has 0 fully saturated rings. The average molecular weight is 226 g/mol. The molecule has 0 bridgehead atoms. The number of H-pyrrole nitrogens is 1. The minimum atomic E-state index is -0.653. The van der Waals surface area contributed by atoms with Gasteiger partial charge in [0.15, 0.2) is 29.4 Å². The number of nitrogens with one attached hydrogen (secondary N) is 1. The van der Waals surface area contributed by atoms with Crippen LogP contribution in [0, 0.1) is 0 Å². The summed E-state index contributed by atoms with van der Waals surface area (Å²) in [5.41, 5.74) is 22.3. The Kier molecular flexibility index (Phi) is 1.96. The second-order valence-corrected chi connectivity index (χ2v) is 3.38. The molecule has 10 nitrogen and oxygen atoms in total. The standard InChI is InChI=1S/C6H14N10/c7-1-2(8)14-5(13-1)6-15(11)3(9)4(10)16(6)12/h6H,7-12H2,(H,13,14). The van der Waals surface area contributed by atoms with Gasteiger partial charge in [-0.1, -0.05) is 0 Å². The first-order chi connectivity index (χ1) is 7.43. The van der Waals surface area contributed by atoms with Crippen molar-refractivity contribution in [3.8, 4) is 0 Å². The van der Waals surface area contributed by atoms with Crippen LogP contribution in [0.2, 0.25) is 0 Å². The topological polar surface area (TPSA) is 191 Å². The number of aromatic amines is 1. The van der Waals surface area contributed by atoms with Crippen LogP contribution in [-0.4, -0.2) is 20.0 Å². The van der Waals surface area contributed by atoms with Crippen molar-refractivity contribution in [2.24, 2.45) is 23.2 Å². The summed E-state index contributed by atoms with van der Waals surface area (Å²) in [5.74, 6) is 12.5. The first-order valence-electron chi connectivity index (χ1n) is 4.37. The van der Waals surface area contributed by atoms with E-state index in [1.165, 1.54) is 10.0 Å². The maximum Gasteiger partial charge on any atom is 0.191 e. The van der Waals surface area contributed by atoms with Crippen LogP contribution in [-0.2, 0) is 0 Å². The first-order valence-corrected chi connectivity index (χ1v) is 4.37. The van der Waals surface area contributed by atoms with E-state index in [4.69, 9.17) is 34.6 Å². The predicted molar refractivity (Wildman–Crippen MR) is 57.6 cm³/mol. The zero-order chi connectivity index (χ0) is 12.0. The van der Waals surface area contributed by atoms with Gasteiger partial charge in [0.05, 0.1) is 0 Å². The Labute approximate surface area is 90.8 Å². The maximum absolute atomic E-state index is 5.70. The van der Waals surface area contributed by atoms with E-state index >= 15 is 0 Å². The van der Waals surface area contributed by atoms with Gasteiger partial charge in [0.25, 0.3) is 0 Å². The van der Waals surface area contributed by atoms with Gasteiger partial charge in [0.2, 0.25) is 0 Å². The molecule has 1 aromatic rings. The van der Waals surface area contributed by atoms with Gasteiger partial charge in [-0.05, 0) is 0 Å². The number of nitrogens with two attached hydrogens (primary N) is 6. The number of nitrogen functional groups attached to an aromatic ring is 2. The summed E-state index contributed by atoms with van der Waals surface area (Å²) in [7, 11) is 0. The van der Waals surface area contributed by atoms with Crippen molar-refractivity contribution in [3.05, 3.63) is 17.5 Å². The van der Waals surface area contributed by atoms with E-state index in [9.17, 15) is 0 Å². The molecule has 0 saturated heterocycles. The Morgan fingerprint density at radius 1 is 1.00 bits per heavy atom. The maximum atomic E-state index is 5.70. The smallest absolute Gasteiger partial charge is 0.191 e. The van der Waals surface area contributed by atoms with Crippen LogP contribution in [0.3, 0.4) is 0 Å². The Hall–Kier alpha value is -2.33. The minimum Gasteiger partial charge on any atom is -0.382 e. The van der Waals surface area contributed by atoms with Crippen molar-refractivity contribution < 1.29 is 0 Å². The van der Waals surface area contributed by atoms with Gasteiger partial charge < -0.3 is 27.9 Å². The van der Waals surface area contributed by atoms with Crippen LogP contribution >= 0.6 is 0 Å². The Balaban J connectivity index is 2.37. The van der Waals surface area contributed by atoms with Crippen molar-refractivity contribution in [2.75, 3.05) is 11.5 Å². The molecule has 2 rings (SSSR count). The number of hydrazine groups is 2. The third-order valence-electron chi connectivity index (χ3n) is 2.37. The molecule has 16 heavy (non-hydrogen) atoms. The molecule has 0 saturated carbocycles. The molecule has 0 radical (unpaired) electrons. The van der Waals surface area contributed by atoms with E-state index in [2.05, 4.69) is 9.97 Å². The van der Waals surface area contributed by atoms with Crippen molar-refractivity contribution in [3.63, 3.8) is 0 Å². The molecule has 0 unspecified atom stereocenters. The third-order valence-corrected chi connectivity index (χ3v) is 2.37. The Morgan fingerprint density at radius 3 is 1.88 bits per heavy atom. The van der Waals surface area contributed by atoms with Gasteiger partial charge in [0, 0.05) is 0 Å². The Bertz CT molecular complexity index is 409. The SMILES string of the molecule is NC1=C(N)N(N)C(c2nc(N)c(N)[nH]2)N1N. The average Bonchev–Trinajstić information content (AvgIpc) is 2.64. The summed E-state index contributed by atoms with van der Waals surface area (Å²) in [6.07, 6.45) is -0.653. The number of imidazole rings is 1. The van der Waals surface area contributed by atoms with E-state index < -0.39 is 6.17 Å². The predicted octanol–water partition coefficient (Wildman–Crippen LogP) is -3.02. The van der Waals surface area contributed by atoms with Gasteiger partial charge in [-0.15, -0.1) is 0 Å². The Morgan fingerprint density at radius 2 is 1.50 bits per heavy atom. The lowest BCUT2D eigenvalue weighted by molar-refractivity contribution is 0.132. The molecule has 1 aliphatic heterocycles. The second-order valence-electron chi connectivity index (χ2n) is 3.38. The quantitative estimate of drug-likeness (QED) is 0.244. The molecule has 1 aromatic heterocycles. The molecule has 0 aliphatic carbocycles. The lowest BCUT2D eigenvalue weighted by Crippen LogP contribution is -2.42. The number of aromatic nitrogens is 2. The van der Waals surface area contributed by atoms with Gasteiger partial charge in [-0.2, -0.15) is 0 Å². The van der Waals surface area contributed by atoms with Crippen LogP contribution < -0.4 is 34.6 Å². The molecule has 0 aromatic carbocycles. The van der Waals surface area contributed by atoms with Crippen LogP contribution in [0.15, 0.2) is 11.6 Å². The number of rotatable bonds is 1. The van der Waals surface area contributed by atoms with Gasteiger partial charge >= 0.3 is 0 Å². The lowest BCUT2D eigenvalue weighted by atomic mass is 10.4. The molecule has 0 spiro atoms. The molecular formula is C6H14N10. The molecule has 88 valence electrons. The molecule has 1 aliphatic rings. The van der Waals surface area contributed by atoms with Crippen molar-refractivity contribution in [1.29, 1.82) is 0 Å². The number of nitrogens with zero attached hydrogens (tertiary/aromatic N) is 3. The van der Waals surface area contributed by atoms with Gasteiger partial charge in [-0.25, -0.2) is 16.7 Å². The van der Waals surface area contributed by atoms with Gasteiger partial charge in [-0.3, -0.25) is 10.0 Å². The van der Waals surface area contributed by atoms with Crippen LogP contribution in [0.1, 0.15) is 12.0 Å². The fourth-order valence-electron chi connectivity index (χ4n) is 1.47. The third kappa shape index (κ3) is 1.17. The fourth-order valence-corrected chi connectivity index (χ4v) is 1.47. The van der Waals surface area contributed by atoms with E-state index in [0.29, 0.717) is 5.82 Å². The molecule has 0 amide bonds. The summed E-state index contributed by atoms with van der Waals surface area (Å²) in [4.78, 5) is 6.73. The van der Waals surface area contributed by atoms with E-state index in [0.717, 1.165) is 0 Å². The monoisotopic (exact) mass is 226 g/mol. The summed E-state index contributed by atoms with van der Waals surface area (Å²) in [5, 5.41) is 2.35. The second kappa shape index (κ2) is 3.08. The molecule has 13 N–H and O–H groups in total. The summed E-state index contributed by atoms with van der Waals surface area (Å²) in [6.45, 7) is 0. The van der Waals surface area contributed by atoms with E-state index in [1.54, 1.807) is 0 Å². The molecular weight excluding hydrogens is 212 g/mol. The highest BCUT2D eigenvalue weighted by Crippen LogP contribution is 2.29.